The maximum atomic E-state index is 5.75. The third-order valence-corrected chi connectivity index (χ3v) is 4.08. The van der Waals surface area contributed by atoms with Crippen molar-refractivity contribution in [1.29, 1.82) is 0 Å². The average Bonchev–Trinajstić information content (AvgIpc) is 2.80. The lowest BCUT2D eigenvalue weighted by Crippen LogP contribution is -2.20. The fourth-order valence-electron chi connectivity index (χ4n) is 2.95. The van der Waals surface area contributed by atoms with Crippen LogP contribution in [-0.2, 0) is 12.8 Å². The Hall–Kier alpha value is -1.02. The fourth-order valence-corrected chi connectivity index (χ4v) is 2.95. The van der Waals surface area contributed by atoms with E-state index in [4.69, 9.17) is 4.74 Å². The van der Waals surface area contributed by atoms with Crippen LogP contribution in [0.3, 0.4) is 0 Å². The van der Waals surface area contributed by atoms with E-state index in [-0.39, 0.29) is 0 Å². The van der Waals surface area contributed by atoms with Crippen LogP contribution in [0.15, 0.2) is 18.2 Å². The molecule has 118 valence electrons. The Balaban J connectivity index is 1.56. The summed E-state index contributed by atoms with van der Waals surface area (Å²) in [5.41, 5.74) is 2.88. The lowest BCUT2D eigenvalue weighted by Gasteiger charge is -2.07. The van der Waals surface area contributed by atoms with E-state index in [9.17, 15) is 0 Å². The lowest BCUT2D eigenvalue weighted by atomic mass is 10.0. The third kappa shape index (κ3) is 5.70. The molecule has 0 saturated carbocycles. The molecule has 2 heteroatoms. The molecule has 1 aliphatic rings. The third-order valence-electron chi connectivity index (χ3n) is 4.08. The molecule has 0 spiro atoms. The summed E-state index contributed by atoms with van der Waals surface area (Å²) in [6.45, 7) is 8.99. The first-order valence-corrected chi connectivity index (χ1v) is 8.64. The largest absolute Gasteiger partial charge is 0.490 e. The molecule has 0 radical (unpaired) electrons. The summed E-state index contributed by atoms with van der Waals surface area (Å²) in [6.07, 6.45) is 7.94. The predicted octanol–water partition coefficient (Wildman–Crippen LogP) is 4.36. The zero-order chi connectivity index (χ0) is 15.1. The van der Waals surface area contributed by atoms with Crippen molar-refractivity contribution in [1.82, 2.24) is 5.32 Å². The molecule has 0 aliphatic carbocycles. The molecule has 0 amide bonds. The van der Waals surface area contributed by atoms with Crippen molar-refractivity contribution in [3.8, 4) is 5.75 Å². The van der Waals surface area contributed by atoms with Crippen LogP contribution in [0, 0.1) is 5.92 Å². The molecule has 21 heavy (non-hydrogen) atoms. The first kappa shape index (κ1) is 16.4. The van der Waals surface area contributed by atoms with Crippen molar-refractivity contribution in [2.45, 2.75) is 65.4 Å². The van der Waals surface area contributed by atoms with E-state index in [0.29, 0.717) is 6.10 Å². The number of fused-ring (bicyclic) bond motifs is 1. The van der Waals surface area contributed by atoms with Gasteiger partial charge in [-0.15, -0.1) is 0 Å². The molecule has 1 unspecified atom stereocenters. The van der Waals surface area contributed by atoms with Gasteiger partial charge in [-0.2, -0.15) is 0 Å². The highest BCUT2D eigenvalue weighted by Crippen LogP contribution is 2.29. The van der Waals surface area contributed by atoms with Gasteiger partial charge in [-0.3, -0.25) is 0 Å². The van der Waals surface area contributed by atoms with Gasteiger partial charge in [-0.25, -0.2) is 0 Å². The van der Waals surface area contributed by atoms with E-state index >= 15 is 0 Å². The van der Waals surface area contributed by atoms with Gasteiger partial charge in [-0.1, -0.05) is 38.8 Å². The molecule has 0 fully saturated rings. The van der Waals surface area contributed by atoms with E-state index in [1.54, 1.807) is 0 Å². The predicted molar refractivity (Wildman–Crippen MR) is 90.1 cm³/mol. The van der Waals surface area contributed by atoms with Crippen molar-refractivity contribution in [2.75, 3.05) is 13.1 Å². The summed E-state index contributed by atoms with van der Waals surface area (Å²) < 4.78 is 5.75. The number of unbranched alkanes of at least 4 members (excludes halogenated alkanes) is 3. The highest BCUT2D eigenvalue weighted by Gasteiger charge is 2.18. The maximum absolute atomic E-state index is 5.75. The Labute approximate surface area is 130 Å². The van der Waals surface area contributed by atoms with Crippen LogP contribution in [-0.4, -0.2) is 19.2 Å². The topological polar surface area (TPSA) is 21.3 Å². The van der Waals surface area contributed by atoms with Crippen molar-refractivity contribution in [2.24, 2.45) is 5.92 Å². The minimum absolute atomic E-state index is 0.355. The number of nitrogens with one attached hydrogen (secondary N) is 1. The molecule has 2 nitrogen and oxygen atoms in total. The molecule has 0 saturated heterocycles. The summed E-state index contributed by atoms with van der Waals surface area (Å²) >= 11 is 0. The second-order valence-corrected chi connectivity index (χ2v) is 6.84. The Bertz CT molecular complexity index is 428. The minimum atomic E-state index is 0.355. The van der Waals surface area contributed by atoms with E-state index in [1.807, 2.05) is 0 Å². The minimum Gasteiger partial charge on any atom is -0.490 e. The van der Waals surface area contributed by atoms with Crippen molar-refractivity contribution in [3.05, 3.63) is 29.3 Å². The molecule has 1 aromatic carbocycles. The van der Waals surface area contributed by atoms with Crippen LogP contribution in [0.4, 0.5) is 0 Å². The highest BCUT2D eigenvalue weighted by molar-refractivity contribution is 5.40. The van der Waals surface area contributed by atoms with Crippen LogP contribution >= 0.6 is 0 Å². The van der Waals surface area contributed by atoms with E-state index in [0.717, 1.165) is 24.6 Å². The monoisotopic (exact) mass is 289 g/mol. The van der Waals surface area contributed by atoms with E-state index in [2.05, 4.69) is 44.3 Å². The molecule has 2 rings (SSSR count). The Morgan fingerprint density at radius 3 is 2.81 bits per heavy atom. The fraction of sp³-hybridized carbons (Fsp3) is 0.684. The molecule has 1 aromatic rings. The quantitative estimate of drug-likeness (QED) is 0.682. The SMILES string of the molecule is CC(C)CNCCCCCCc1ccc2c(c1)CC(C)O2. The van der Waals surface area contributed by atoms with Crippen LogP contribution in [0.2, 0.25) is 0 Å². The van der Waals surface area contributed by atoms with Crippen LogP contribution in [0.25, 0.3) is 0 Å². The molecule has 0 aromatic heterocycles. The smallest absolute Gasteiger partial charge is 0.123 e. The van der Waals surface area contributed by atoms with Crippen LogP contribution in [0.1, 0.15) is 57.6 Å². The van der Waals surface area contributed by atoms with Gasteiger partial charge in [0.25, 0.3) is 0 Å². The molecule has 1 atom stereocenters. The summed E-state index contributed by atoms with van der Waals surface area (Å²) in [6, 6.07) is 6.74. The van der Waals surface area contributed by atoms with Crippen LogP contribution in [0.5, 0.6) is 5.75 Å². The maximum Gasteiger partial charge on any atom is 0.123 e. The Morgan fingerprint density at radius 1 is 1.19 bits per heavy atom. The van der Waals surface area contributed by atoms with Crippen molar-refractivity contribution >= 4 is 0 Å². The molecule has 1 N–H and O–H groups in total. The number of hydrogen-bond donors (Lipinski definition) is 1. The standard InChI is InChI=1S/C19H31NO/c1-15(2)14-20-11-7-5-4-6-8-17-9-10-19-18(13-17)12-16(3)21-19/h9-10,13,15-16,20H,4-8,11-12,14H2,1-3H3. The van der Waals surface area contributed by atoms with Gasteiger partial charge < -0.3 is 10.1 Å². The Morgan fingerprint density at radius 2 is 2.00 bits per heavy atom. The molecule has 1 aliphatic heterocycles. The summed E-state index contributed by atoms with van der Waals surface area (Å²) in [7, 11) is 0. The average molecular weight is 289 g/mol. The number of rotatable bonds is 9. The normalized spacial score (nSPS) is 17.0. The first-order chi connectivity index (χ1) is 10.1. The first-order valence-electron chi connectivity index (χ1n) is 8.64. The zero-order valence-corrected chi connectivity index (χ0v) is 14.0. The van der Waals surface area contributed by atoms with Gasteiger partial charge in [-0.05, 0) is 62.4 Å². The molecule has 0 bridgehead atoms. The molecular formula is C19H31NO. The van der Waals surface area contributed by atoms with Gasteiger partial charge in [0.2, 0.25) is 0 Å². The summed E-state index contributed by atoms with van der Waals surface area (Å²) in [5, 5.41) is 3.51. The van der Waals surface area contributed by atoms with Crippen molar-refractivity contribution < 1.29 is 4.74 Å². The van der Waals surface area contributed by atoms with Gasteiger partial charge in [0.15, 0.2) is 0 Å². The highest BCUT2D eigenvalue weighted by atomic mass is 16.5. The van der Waals surface area contributed by atoms with E-state index in [1.165, 1.54) is 49.8 Å². The van der Waals surface area contributed by atoms with E-state index < -0.39 is 0 Å². The number of ether oxygens (including phenoxy) is 1. The van der Waals surface area contributed by atoms with Gasteiger partial charge >= 0.3 is 0 Å². The second-order valence-electron chi connectivity index (χ2n) is 6.84. The molecule has 1 heterocycles. The van der Waals surface area contributed by atoms with Gasteiger partial charge in [0, 0.05) is 6.42 Å². The van der Waals surface area contributed by atoms with Crippen molar-refractivity contribution in [3.63, 3.8) is 0 Å². The number of benzene rings is 1. The van der Waals surface area contributed by atoms with Gasteiger partial charge in [0.05, 0.1) is 0 Å². The Kier molecular flexibility index (Phi) is 6.56. The second kappa shape index (κ2) is 8.43. The summed E-state index contributed by atoms with van der Waals surface area (Å²) in [5.74, 6) is 1.86. The van der Waals surface area contributed by atoms with Crippen LogP contribution < -0.4 is 10.1 Å². The van der Waals surface area contributed by atoms with Gasteiger partial charge in [0.1, 0.15) is 11.9 Å². The lowest BCUT2D eigenvalue weighted by molar-refractivity contribution is 0.254. The summed E-state index contributed by atoms with van der Waals surface area (Å²) in [4.78, 5) is 0. The number of hydrogen-bond acceptors (Lipinski definition) is 2. The molecular weight excluding hydrogens is 258 g/mol. The number of aryl methyl sites for hydroxylation is 1. The zero-order valence-electron chi connectivity index (χ0n) is 14.0.